The Morgan fingerprint density at radius 2 is 2.06 bits per heavy atom. The normalized spacial score (nSPS) is 18.6. The number of hydrogen-bond acceptors (Lipinski definition) is 6. The average molecular weight is 277 g/mol. The minimum atomic E-state index is -3.08. The van der Waals surface area contributed by atoms with Gasteiger partial charge in [-0.15, -0.1) is 11.3 Å². The Bertz CT molecular complexity index is 477. The second-order valence-corrected chi connectivity index (χ2v) is 6.75. The monoisotopic (exact) mass is 277 g/mol. The van der Waals surface area contributed by atoms with E-state index in [1.807, 2.05) is 10.3 Å². The number of anilines is 1. The van der Waals surface area contributed by atoms with E-state index in [4.69, 9.17) is 5.11 Å². The van der Waals surface area contributed by atoms with Gasteiger partial charge < -0.3 is 10.0 Å². The fraction of sp³-hybridized carbons (Fsp3) is 0.667. The lowest BCUT2D eigenvalue weighted by molar-refractivity contribution is 0.277. The fourth-order valence-corrected chi connectivity index (χ4v) is 3.42. The van der Waals surface area contributed by atoms with Gasteiger partial charge in [-0.05, 0) is 0 Å². The molecule has 1 fully saturated rings. The lowest BCUT2D eigenvalue weighted by atomic mass is 10.4. The summed E-state index contributed by atoms with van der Waals surface area (Å²) in [5, 5.41) is 11.6. The number of rotatable bonds is 3. The summed E-state index contributed by atoms with van der Waals surface area (Å²) in [7, 11) is -3.08. The van der Waals surface area contributed by atoms with Gasteiger partial charge in [0, 0.05) is 31.6 Å². The standard InChI is InChI=1S/C9H15N3O3S2/c1-17(14,15)12-4-2-11(3-5-12)9-10-8(6-13)7-16-9/h7,13H,2-6H2,1H3. The maximum atomic E-state index is 11.3. The first-order chi connectivity index (χ1) is 8.00. The Hall–Kier alpha value is -0.700. The van der Waals surface area contributed by atoms with E-state index in [1.54, 1.807) is 0 Å². The highest BCUT2D eigenvalue weighted by molar-refractivity contribution is 7.88. The van der Waals surface area contributed by atoms with E-state index in [-0.39, 0.29) is 6.61 Å². The van der Waals surface area contributed by atoms with Gasteiger partial charge in [-0.3, -0.25) is 0 Å². The number of nitrogens with zero attached hydrogens (tertiary/aromatic N) is 3. The SMILES string of the molecule is CS(=O)(=O)N1CCN(c2nc(CO)cs2)CC1. The first-order valence-electron chi connectivity index (χ1n) is 5.26. The van der Waals surface area contributed by atoms with Gasteiger partial charge in [-0.25, -0.2) is 13.4 Å². The molecule has 96 valence electrons. The number of aromatic nitrogens is 1. The van der Waals surface area contributed by atoms with E-state index in [1.165, 1.54) is 21.9 Å². The van der Waals surface area contributed by atoms with Crippen molar-refractivity contribution in [2.24, 2.45) is 0 Å². The molecule has 1 aliphatic rings. The molecule has 0 spiro atoms. The summed E-state index contributed by atoms with van der Waals surface area (Å²) in [5.74, 6) is 0. The second kappa shape index (κ2) is 4.89. The van der Waals surface area contributed by atoms with Gasteiger partial charge in [-0.1, -0.05) is 0 Å². The molecule has 2 heterocycles. The molecule has 0 atom stereocenters. The molecule has 1 aliphatic heterocycles. The molecule has 0 amide bonds. The van der Waals surface area contributed by atoms with Crippen LogP contribution in [0.2, 0.25) is 0 Å². The highest BCUT2D eigenvalue weighted by Crippen LogP contribution is 2.22. The molecular formula is C9H15N3O3S2. The van der Waals surface area contributed by atoms with Crippen LogP contribution in [0.3, 0.4) is 0 Å². The third-order valence-electron chi connectivity index (χ3n) is 2.68. The van der Waals surface area contributed by atoms with Gasteiger partial charge in [0.15, 0.2) is 5.13 Å². The molecule has 0 bridgehead atoms. The Kier molecular flexibility index (Phi) is 3.67. The number of hydrogen-bond donors (Lipinski definition) is 1. The molecule has 0 aliphatic carbocycles. The lowest BCUT2D eigenvalue weighted by Gasteiger charge is -2.32. The van der Waals surface area contributed by atoms with E-state index in [2.05, 4.69) is 4.98 Å². The summed E-state index contributed by atoms with van der Waals surface area (Å²) >= 11 is 1.48. The van der Waals surface area contributed by atoms with Crippen LogP contribution in [-0.2, 0) is 16.6 Å². The molecule has 0 radical (unpaired) electrons. The molecular weight excluding hydrogens is 262 g/mol. The third-order valence-corrected chi connectivity index (χ3v) is 4.93. The zero-order valence-electron chi connectivity index (χ0n) is 9.53. The molecule has 1 N–H and O–H groups in total. The predicted molar refractivity (Wildman–Crippen MR) is 66.7 cm³/mol. The molecule has 1 aromatic heterocycles. The van der Waals surface area contributed by atoms with Crippen molar-refractivity contribution < 1.29 is 13.5 Å². The van der Waals surface area contributed by atoms with Gasteiger partial charge in [-0.2, -0.15) is 4.31 Å². The van der Waals surface area contributed by atoms with Gasteiger partial charge in [0.25, 0.3) is 0 Å². The van der Waals surface area contributed by atoms with E-state index in [9.17, 15) is 8.42 Å². The van der Waals surface area contributed by atoms with Crippen LogP contribution in [0.5, 0.6) is 0 Å². The highest BCUT2D eigenvalue weighted by Gasteiger charge is 2.24. The number of sulfonamides is 1. The zero-order chi connectivity index (χ0) is 12.5. The minimum absolute atomic E-state index is 0.0557. The van der Waals surface area contributed by atoms with Crippen LogP contribution in [0.4, 0.5) is 5.13 Å². The highest BCUT2D eigenvalue weighted by atomic mass is 32.2. The summed E-state index contributed by atoms with van der Waals surface area (Å²) in [6.45, 7) is 2.22. The Morgan fingerprint density at radius 3 is 2.53 bits per heavy atom. The van der Waals surface area contributed by atoms with Crippen LogP contribution in [0.25, 0.3) is 0 Å². The van der Waals surface area contributed by atoms with Gasteiger partial charge >= 0.3 is 0 Å². The molecule has 0 unspecified atom stereocenters. The molecule has 0 aromatic carbocycles. The largest absolute Gasteiger partial charge is 0.390 e. The Labute approximate surface area is 105 Å². The number of aliphatic hydroxyl groups excluding tert-OH is 1. The van der Waals surface area contributed by atoms with Crippen molar-refractivity contribution in [3.63, 3.8) is 0 Å². The van der Waals surface area contributed by atoms with Crippen LogP contribution in [0.15, 0.2) is 5.38 Å². The lowest BCUT2D eigenvalue weighted by Crippen LogP contribution is -2.48. The average Bonchev–Trinajstić information content (AvgIpc) is 2.76. The van der Waals surface area contributed by atoms with Crippen molar-refractivity contribution in [3.8, 4) is 0 Å². The van der Waals surface area contributed by atoms with E-state index in [0.717, 1.165) is 5.13 Å². The van der Waals surface area contributed by atoms with Crippen LogP contribution < -0.4 is 4.90 Å². The van der Waals surface area contributed by atoms with Crippen LogP contribution in [0.1, 0.15) is 5.69 Å². The molecule has 17 heavy (non-hydrogen) atoms. The molecule has 1 saturated heterocycles. The van der Waals surface area contributed by atoms with Gasteiger partial charge in [0.05, 0.1) is 18.6 Å². The molecule has 6 nitrogen and oxygen atoms in total. The van der Waals surface area contributed by atoms with Crippen LogP contribution in [0, 0.1) is 0 Å². The van der Waals surface area contributed by atoms with E-state index in [0.29, 0.717) is 31.9 Å². The van der Waals surface area contributed by atoms with Crippen molar-refractivity contribution in [2.75, 3.05) is 37.3 Å². The summed E-state index contributed by atoms with van der Waals surface area (Å²) in [5.41, 5.74) is 0.663. The molecule has 2 rings (SSSR count). The second-order valence-electron chi connectivity index (χ2n) is 3.93. The van der Waals surface area contributed by atoms with Crippen LogP contribution in [-0.4, -0.2) is 55.2 Å². The van der Waals surface area contributed by atoms with Crippen molar-refractivity contribution in [1.29, 1.82) is 0 Å². The summed E-state index contributed by atoms with van der Waals surface area (Å²) < 4.78 is 24.2. The number of piperazine rings is 1. The maximum Gasteiger partial charge on any atom is 0.211 e. The molecule has 0 saturated carbocycles. The van der Waals surface area contributed by atoms with Gasteiger partial charge in [0.2, 0.25) is 10.0 Å². The molecule has 8 heteroatoms. The van der Waals surface area contributed by atoms with Crippen LogP contribution >= 0.6 is 11.3 Å². The number of aliphatic hydroxyl groups is 1. The summed E-state index contributed by atoms with van der Waals surface area (Å²) in [6.07, 6.45) is 1.23. The third kappa shape index (κ3) is 2.95. The Balaban J connectivity index is 1.99. The molecule has 1 aromatic rings. The quantitative estimate of drug-likeness (QED) is 0.822. The summed E-state index contributed by atoms with van der Waals surface area (Å²) in [6, 6.07) is 0. The van der Waals surface area contributed by atoms with E-state index < -0.39 is 10.0 Å². The smallest absolute Gasteiger partial charge is 0.211 e. The Morgan fingerprint density at radius 1 is 1.41 bits per heavy atom. The minimum Gasteiger partial charge on any atom is -0.390 e. The van der Waals surface area contributed by atoms with Gasteiger partial charge in [0.1, 0.15) is 0 Å². The first kappa shape index (κ1) is 12.7. The predicted octanol–water partition coefficient (Wildman–Crippen LogP) is -0.283. The number of thiazole rings is 1. The zero-order valence-corrected chi connectivity index (χ0v) is 11.2. The van der Waals surface area contributed by atoms with E-state index >= 15 is 0 Å². The summed E-state index contributed by atoms with van der Waals surface area (Å²) in [4.78, 5) is 6.31. The maximum absolute atomic E-state index is 11.3. The fourth-order valence-electron chi connectivity index (χ4n) is 1.73. The van der Waals surface area contributed by atoms with Crippen molar-refractivity contribution in [2.45, 2.75) is 6.61 Å². The van der Waals surface area contributed by atoms with Crippen molar-refractivity contribution >= 4 is 26.5 Å². The topological polar surface area (TPSA) is 73.7 Å². The van der Waals surface area contributed by atoms with Crippen molar-refractivity contribution in [3.05, 3.63) is 11.1 Å². The first-order valence-corrected chi connectivity index (χ1v) is 7.99. The van der Waals surface area contributed by atoms with Crippen molar-refractivity contribution in [1.82, 2.24) is 9.29 Å².